The number of fused-ring (bicyclic) bond motifs is 14. The van der Waals surface area contributed by atoms with Gasteiger partial charge in [0.25, 0.3) is 6.71 Å². The van der Waals surface area contributed by atoms with Gasteiger partial charge >= 0.3 is 0 Å². The minimum absolute atomic E-state index is 0.0180. The van der Waals surface area contributed by atoms with Crippen LogP contribution in [0.4, 0.5) is 0 Å². The van der Waals surface area contributed by atoms with Crippen molar-refractivity contribution >= 4 is 88.3 Å². The van der Waals surface area contributed by atoms with Crippen LogP contribution < -0.4 is 16.4 Å². The molecule has 0 aliphatic carbocycles. The summed E-state index contributed by atoms with van der Waals surface area (Å²) in [6.45, 7) is 6.98. The van der Waals surface area contributed by atoms with Crippen LogP contribution in [-0.4, -0.2) is 20.8 Å². The van der Waals surface area contributed by atoms with E-state index in [4.69, 9.17) is 4.98 Å². The maximum absolute atomic E-state index is 5.36. The Balaban J connectivity index is 1.37. The highest BCUT2D eigenvalue weighted by molar-refractivity contribution is 7.02. The predicted molar refractivity (Wildman–Crippen MR) is 217 cm³/mol. The molecule has 0 bridgehead atoms. The third-order valence-electron chi connectivity index (χ3n) is 11.8. The van der Waals surface area contributed by atoms with Crippen LogP contribution in [-0.2, 0) is 5.41 Å². The van der Waals surface area contributed by atoms with Gasteiger partial charge in [-0.1, -0.05) is 130 Å². The molecule has 0 atom stereocenters. The van der Waals surface area contributed by atoms with Gasteiger partial charge in [0, 0.05) is 27.7 Å². The van der Waals surface area contributed by atoms with Gasteiger partial charge in [0.15, 0.2) is 0 Å². The molecule has 3 nitrogen and oxygen atoms in total. The normalized spacial score (nSPS) is 13.4. The Morgan fingerprint density at radius 1 is 0.510 bits per heavy atom. The van der Waals surface area contributed by atoms with Crippen molar-refractivity contribution < 1.29 is 0 Å². The first-order valence-electron chi connectivity index (χ1n) is 18.0. The summed E-state index contributed by atoms with van der Waals surface area (Å²) in [5.41, 5.74) is 13.9. The summed E-state index contributed by atoms with van der Waals surface area (Å²) >= 11 is 0. The molecule has 10 aromatic rings. The highest BCUT2D eigenvalue weighted by Crippen LogP contribution is 2.44. The Morgan fingerprint density at radius 2 is 1.18 bits per heavy atom. The minimum atomic E-state index is 0.0180. The van der Waals surface area contributed by atoms with Gasteiger partial charge in [-0.3, -0.25) is 4.57 Å². The van der Waals surface area contributed by atoms with Gasteiger partial charge in [0.2, 0.25) is 0 Å². The van der Waals surface area contributed by atoms with E-state index in [0.29, 0.717) is 0 Å². The van der Waals surface area contributed by atoms with E-state index in [-0.39, 0.29) is 12.1 Å². The topological polar surface area (TPSA) is 22.8 Å². The van der Waals surface area contributed by atoms with Crippen molar-refractivity contribution in [2.24, 2.45) is 0 Å². The van der Waals surface area contributed by atoms with Crippen LogP contribution in [0.3, 0.4) is 0 Å². The summed E-state index contributed by atoms with van der Waals surface area (Å²) in [7, 11) is 0. The van der Waals surface area contributed by atoms with Crippen molar-refractivity contribution in [3.63, 3.8) is 0 Å². The molecule has 4 heterocycles. The van der Waals surface area contributed by atoms with Gasteiger partial charge in [-0.15, -0.1) is 0 Å². The molecule has 12 rings (SSSR count). The SMILES string of the molecule is CC(C)(C)c1ccc2c3cc4c5ccccc5c5ccccc5c4c4c3n(c2c1)-c1cccc2c1B4c1cccc3nc(-c4ccccc4)n-2c13. The Morgan fingerprint density at radius 3 is 1.94 bits per heavy atom. The first kappa shape index (κ1) is 27.7. The van der Waals surface area contributed by atoms with Crippen LogP contribution in [0.1, 0.15) is 26.3 Å². The molecule has 238 valence electrons. The standard InChI is InChI=1S/C47H32BN3/c1-47(2,3)28-23-24-32-35-26-34-31-17-8-7-15-29(31)30-16-9-10-18-33(30)41(34)43-44(35)50(40(32)25-28)38-21-12-22-39-42(38)48(43)36-19-11-20-37-45(36)51(39)46(49-37)27-13-5-4-6-14-27/h4-26H,1-3H3. The van der Waals surface area contributed by atoms with Gasteiger partial charge in [-0.25, -0.2) is 4.98 Å². The van der Waals surface area contributed by atoms with Crippen molar-refractivity contribution in [3.05, 3.63) is 145 Å². The van der Waals surface area contributed by atoms with Crippen LogP contribution >= 0.6 is 0 Å². The quantitative estimate of drug-likeness (QED) is 0.128. The zero-order chi connectivity index (χ0) is 33.7. The third kappa shape index (κ3) is 3.38. The van der Waals surface area contributed by atoms with Gasteiger partial charge in [0.1, 0.15) is 5.82 Å². The van der Waals surface area contributed by atoms with E-state index in [1.165, 1.54) is 93.0 Å². The first-order chi connectivity index (χ1) is 25.0. The van der Waals surface area contributed by atoms with Crippen molar-refractivity contribution in [1.82, 2.24) is 14.1 Å². The van der Waals surface area contributed by atoms with E-state index < -0.39 is 0 Å². The van der Waals surface area contributed by atoms with E-state index >= 15 is 0 Å². The molecule has 0 spiro atoms. The maximum Gasteiger partial charge on any atom is 0.253 e. The van der Waals surface area contributed by atoms with E-state index in [1.807, 2.05) is 0 Å². The second-order valence-corrected chi connectivity index (χ2v) is 15.5. The molecule has 2 aliphatic heterocycles. The molecule has 2 aromatic heterocycles. The van der Waals surface area contributed by atoms with Crippen LogP contribution in [0.2, 0.25) is 0 Å². The molecule has 0 saturated heterocycles. The monoisotopic (exact) mass is 649 g/mol. The molecule has 0 N–H and O–H groups in total. The number of nitrogens with zero attached hydrogens (tertiary/aromatic N) is 3. The highest BCUT2D eigenvalue weighted by atomic mass is 15.1. The fourth-order valence-corrected chi connectivity index (χ4v) is 9.68. The van der Waals surface area contributed by atoms with Gasteiger partial charge < -0.3 is 4.57 Å². The summed E-state index contributed by atoms with van der Waals surface area (Å²) in [4.78, 5) is 5.36. The molecule has 0 saturated carbocycles. The molecular weight excluding hydrogens is 617 g/mol. The van der Waals surface area contributed by atoms with Gasteiger partial charge in [0.05, 0.1) is 22.1 Å². The average Bonchev–Trinajstić information content (AvgIpc) is 3.72. The summed E-state index contributed by atoms with van der Waals surface area (Å²) in [6, 6.07) is 52.1. The summed E-state index contributed by atoms with van der Waals surface area (Å²) in [5.74, 6) is 0.989. The van der Waals surface area contributed by atoms with Crippen LogP contribution in [0.5, 0.6) is 0 Å². The van der Waals surface area contributed by atoms with Crippen molar-refractivity contribution in [3.8, 4) is 22.8 Å². The van der Waals surface area contributed by atoms with Gasteiger partial charge in [-0.2, -0.15) is 0 Å². The third-order valence-corrected chi connectivity index (χ3v) is 11.8. The molecule has 0 radical (unpaired) electrons. The maximum atomic E-state index is 5.36. The zero-order valence-electron chi connectivity index (χ0n) is 28.7. The summed E-state index contributed by atoms with van der Waals surface area (Å²) < 4.78 is 5.06. The number of benzene rings is 8. The fourth-order valence-electron chi connectivity index (χ4n) is 9.68. The highest BCUT2D eigenvalue weighted by Gasteiger charge is 2.42. The molecule has 8 aromatic carbocycles. The number of imidazole rings is 1. The summed E-state index contributed by atoms with van der Waals surface area (Å²) in [6.07, 6.45) is 0. The lowest BCUT2D eigenvalue weighted by molar-refractivity contribution is 0.591. The number of para-hydroxylation sites is 1. The lowest BCUT2D eigenvalue weighted by Gasteiger charge is -2.34. The molecule has 0 unspecified atom stereocenters. The van der Waals surface area contributed by atoms with E-state index in [0.717, 1.165) is 16.9 Å². The number of rotatable bonds is 1. The van der Waals surface area contributed by atoms with Crippen LogP contribution in [0.25, 0.3) is 87.9 Å². The van der Waals surface area contributed by atoms with E-state index in [2.05, 4.69) is 169 Å². The molecule has 51 heavy (non-hydrogen) atoms. The van der Waals surface area contributed by atoms with Crippen LogP contribution in [0.15, 0.2) is 140 Å². The molecule has 4 heteroatoms. The Kier molecular flexibility index (Phi) is 5.07. The lowest BCUT2D eigenvalue weighted by Crippen LogP contribution is -2.59. The summed E-state index contributed by atoms with van der Waals surface area (Å²) in [5, 5.41) is 10.5. The Labute approximate surface area is 295 Å². The smallest absolute Gasteiger partial charge is 0.253 e. The van der Waals surface area contributed by atoms with Gasteiger partial charge in [-0.05, 0) is 90.0 Å². The van der Waals surface area contributed by atoms with Crippen molar-refractivity contribution in [2.75, 3.05) is 0 Å². The number of hydrogen-bond donors (Lipinski definition) is 0. The number of aromatic nitrogens is 3. The molecule has 0 amide bonds. The van der Waals surface area contributed by atoms with E-state index in [9.17, 15) is 0 Å². The van der Waals surface area contributed by atoms with Crippen LogP contribution in [0, 0.1) is 0 Å². The Hall–Kier alpha value is -6.13. The zero-order valence-corrected chi connectivity index (χ0v) is 28.7. The average molecular weight is 650 g/mol. The van der Waals surface area contributed by atoms with Crippen molar-refractivity contribution in [1.29, 1.82) is 0 Å². The lowest BCUT2D eigenvalue weighted by atomic mass is 9.33. The first-order valence-corrected chi connectivity index (χ1v) is 18.0. The Bertz CT molecular complexity index is 3180. The second kappa shape index (κ2) is 9.35. The van der Waals surface area contributed by atoms with E-state index in [1.54, 1.807) is 0 Å². The molecule has 2 aliphatic rings. The largest absolute Gasteiger partial charge is 0.310 e. The number of hydrogen-bond acceptors (Lipinski definition) is 1. The predicted octanol–water partition coefficient (Wildman–Crippen LogP) is 9.69. The second-order valence-electron chi connectivity index (χ2n) is 15.5. The minimum Gasteiger partial charge on any atom is -0.310 e. The molecule has 0 fully saturated rings. The van der Waals surface area contributed by atoms with Crippen molar-refractivity contribution in [2.45, 2.75) is 26.2 Å². The fraction of sp³-hybridized carbons (Fsp3) is 0.0851. The molecular formula is C47H32BN3.